The van der Waals surface area contributed by atoms with E-state index < -0.39 is 5.41 Å². The van der Waals surface area contributed by atoms with Crippen molar-refractivity contribution in [1.82, 2.24) is 10.2 Å². The van der Waals surface area contributed by atoms with Gasteiger partial charge in [-0.05, 0) is 32.9 Å². The topological polar surface area (TPSA) is 41.6 Å². The number of para-hydroxylation sites is 1. The first-order valence-corrected chi connectivity index (χ1v) is 7.21. The number of hydrogen-bond donors (Lipinski definition) is 1. The molecular weight excluding hydrogens is 252 g/mol. The Kier molecular flexibility index (Phi) is 4.65. The van der Waals surface area contributed by atoms with Crippen LogP contribution in [0.3, 0.4) is 0 Å². The van der Waals surface area contributed by atoms with Crippen LogP contribution in [0.25, 0.3) is 0 Å². The van der Waals surface area contributed by atoms with Gasteiger partial charge in [-0.2, -0.15) is 0 Å². The molecule has 1 heterocycles. The highest BCUT2D eigenvalue weighted by Gasteiger charge is 2.35. The Labute approximate surface area is 121 Å². The molecule has 1 amide bonds. The number of carbonyl (C=O) groups excluding carboxylic acids is 1. The normalized spacial score (nSPS) is 16.6. The second kappa shape index (κ2) is 6.27. The quantitative estimate of drug-likeness (QED) is 0.915. The summed E-state index contributed by atoms with van der Waals surface area (Å²) in [6, 6.07) is 7.77. The van der Waals surface area contributed by atoms with Crippen LogP contribution in [0.4, 0.5) is 0 Å². The van der Waals surface area contributed by atoms with E-state index >= 15 is 0 Å². The van der Waals surface area contributed by atoms with Gasteiger partial charge in [-0.25, -0.2) is 0 Å². The maximum absolute atomic E-state index is 12.9. The third kappa shape index (κ3) is 2.96. The minimum Gasteiger partial charge on any atom is -0.496 e. The number of carbonyl (C=O) groups is 1. The summed E-state index contributed by atoms with van der Waals surface area (Å²) in [5.74, 6) is 0.949. The molecule has 1 fully saturated rings. The van der Waals surface area contributed by atoms with Crippen molar-refractivity contribution < 1.29 is 9.53 Å². The van der Waals surface area contributed by atoms with Crippen LogP contribution in [-0.2, 0) is 10.2 Å². The maximum Gasteiger partial charge on any atom is 0.232 e. The van der Waals surface area contributed by atoms with Crippen molar-refractivity contribution in [2.75, 3.05) is 33.3 Å². The van der Waals surface area contributed by atoms with Crippen molar-refractivity contribution in [3.05, 3.63) is 29.8 Å². The van der Waals surface area contributed by atoms with Crippen molar-refractivity contribution in [2.24, 2.45) is 0 Å². The maximum atomic E-state index is 12.9. The van der Waals surface area contributed by atoms with Crippen LogP contribution in [0.1, 0.15) is 25.8 Å². The van der Waals surface area contributed by atoms with Gasteiger partial charge in [-0.1, -0.05) is 18.2 Å². The SMILES string of the molecule is COc1ccccc1C(C)(C)C(=O)N1CCCNCC1. The molecule has 1 N–H and O–H groups in total. The highest BCUT2D eigenvalue weighted by molar-refractivity contribution is 5.88. The summed E-state index contributed by atoms with van der Waals surface area (Å²) >= 11 is 0. The minimum absolute atomic E-state index is 0.172. The number of hydrogen-bond acceptors (Lipinski definition) is 3. The predicted molar refractivity (Wildman–Crippen MR) is 80.1 cm³/mol. The van der Waals surface area contributed by atoms with Crippen molar-refractivity contribution >= 4 is 5.91 Å². The monoisotopic (exact) mass is 276 g/mol. The van der Waals surface area contributed by atoms with Crippen molar-refractivity contribution in [1.29, 1.82) is 0 Å². The molecule has 1 aromatic rings. The minimum atomic E-state index is -0.572. The van der Waals surface area contributed by atoms with Crippen LogP contribution < -0.4 is 10.1 Å². The van der Waals surface area contributed by atoms with Gasteiger partial charge in [0.2, 0.25) is 5.91 Å². The first-order valence-electron chi connectivity index (χ1n) is 7.21. The molecule has 0 unspecified atom stereocenters. The zero-order valence-electron chi connectivity index (χ0n) is 12.6. The molecule has 20 heavy (non-hydrogen) atoms. The lowest BCUT2D eigenvalue weighted by atomic mass is 9.82. The van der Waals surface area contributed by atoms with E-state index in [4.69, 9.17) is 4.74 Å². The fourth-order valence-electron chi connectivity index (χ4n) is 2.72. The molecule has 0 spiro atoms. The number of ether oxygens (including phenoxy) is 1. The van der Waals surface area contributed by atoms with Crippen molar-refractivity contribution in [2.45, 2.75) is 25.7 Å². The molecule has 0 aromatic heterocycles. The number of amides is 1. The summed E-state index contributed by atoms with van der Waals surface area (Å²) < 4.78 is 5.41. The molecule has 1 aliphatic heterocycles. The number of benzene rings is 1. The molecule has 1 aromatic carbocycles. The van der Waals surface area contributed by atoms with Gasteiger partial charge in [0.05, 0.1) is 12.5 Å². The van der Waals surface area contributed by atoms with E-state index in [-0.39, 0.29) is 5.91 Å². The molecule has 1 saturated heterocycles. The molecule has 4 nitrogen and oxygen atoms in total. The van der Waals surface area contributed by atoms with Crippen molar-refractivity contribution in [3.63, 3.8) is 0 Å². The van der Waals surface area contributed by atoms with Gasteiger partial charge in [0.25, 0.3) is 0 Å². The number of methoxy groups -OCH3 is 1. The van der Waals surface area contributed by atoms with E-state index in [0.29, 0.717) is 0 Å². The molecule has 2 rings (SSSR count). The van der Waals surface area contributed by atoms with E-state index in [0.717, 1.165) is 43.9 Å². The van der Waals surface area contributed by atoms with Crippen molar-refractivity contribution in [3.8, 4) is 5.75 Å². The van der Waals surface area contributed by atoms with Crippen LogP contribution in [0.15, 0.2) is 24.3 Å². The van der Waals surface area contributed by atoms with E-state index in [1.807, 2.05) is 43.0 Å². The van der Waals surface area contributed by atoms with Gasteiger partial charge in [-0.15, -0.1) is 0 Å². The Bertz CT molecular complexity index is 463. The average molecular weight is 276 g/mol. The van der Waals surface area contributed by atoms with E-state index in [9.17, 15) is 4.79 Å². The summed E-state index contributed by atoms with van der Waals surface area (Å²) in [6.07, 6.45) is 1.01. The number of rotatable bonds is 3. The largest absolute Gasteiger partial charge is 0.496 e. The van der Waals surface area contributed by atoms with Gasteiger partial charge in [0, 0.05) is 25.2 Å². The van der Waals surface area contributed by atoms with Crippen LogP contribution >= 0.6 is 0 Å². The highest BCUT2D eigenvalue weighted by atomic mass is 16.5. The van der Waals surface area contributed by atoms with Gasteiger partial charge < -0.3 is 15.0 Å². The average Bonchev–Trinajstić information content (AvgIpc) is 2.75. The van der Waals surface area contributed by atoms with Crippen LogP contribution in [0.2, 0.25) is 0 Å². The molecule has 4 heteroatoms. The standard InChI is InChI=1S/C16H24N2O2/c1-16(2,13-7-4-5-8-14(13)20-3)15(19)18-11-6-9-17-10-12-18/h4-5,7-8,17H,6,9-12H2,1-3H3. The Balaban J connectivity index is 2.26. The molecule has 110 valence electrons. The number of nitrogens with zero attached hydrogens (tertiary/aromatic N) is 1. The summed E-state index contributed by atoms with van der Waals surface area (Å²) in [5.41, 5.74) is 0.376. The van der Waals surface area contributed by atoms with Gasteiger partial charge in [0.15, 0.2) is 0 Å². The van der Waals surface area contributed by atoms with Crippen LogP contribution in [-0.4, -0.2) is 44.1 Å². The molecule has 1 aliphatic rings. The predicted octanol–water partition coefficient (Wildman–Crippen LogP) is 1.79. The second-order valence-electron chi connectivity index (χ2n) is 5.72. The zero-order chi connectivity index (χ0) is 14.6. The summed E-state index contributed by atoms with van der Waals surface area (Å²) in [5, 5.41) is 3.33. The third-order valence-corrected chi connectivity index (χ3v) is 3.94. The van der Waals surface area contributed by atoms with Crippen LogP contribution in [0.5, 0.6) is 5.75 Å². The first-order chi connectivity index (χ1) is 9.57. The molecule has 0 aliphatic carbocycles. The van der Waals surface area contributed by atoms with E-state index in [1.165, 1.54) is 0 Å². The van der Waals surface area contributed by atoms with E-state index in [2.05, 4.69) is 5.32 Å². The Morgan fingerprint density at radius 2 is 2.00 bits per heavy atom. The van der Waals surface area contributed by atoms with Crippen LogP contribution in [0, 0.1) is 0 Å². The zero-order valence-corrected chi connectivity index (χ0v) is 12.6. The Hall–Kier alpha value is -1.55. The molecular formula is C16H24N2O2. The molecule has 0 radical (unpaired) electrons. The lowest BCUT2D eigenvalue weighted by Crippen LogP contribution is -2.45. The Morgan fingerprint density at radius 3 is 2.75 bits per heavy atom. The van der Waals surface area contributed by atoms with Gasteiger partial charge >= 0.3 is 0 Å². The molecule has 0 atom stereocenters. The van der Waals surface area contributed by atoms with Gasteiger partial charge in [-0.3, -0.25) is 4.79 Å². The Morgan fingerprint density at radius 1 is 1.25 bits per heavy atom. The summed E-state index contributed by atoms with van der Waals surface area (Å²) in [7, 11) is 1.65. The third-order valence-electron chi connectivity index (χ3n) is 3.94. The second-order valence-corrected chi connectivity index (χ2v) is 5.72. The number of nitrogens with one attached hydrogen (secondary N) is 1. The van der Waals surface area contributed by atoms with Gasteiger partial charge in [0.1, 0.15) is 5.75 Å². The first kappa shape index (κ1) is 14.9. The lowest BCUT2D eigenvalue weighted by molar-refractivity contribution is -0.136. The smallest absolute Gasteiger partial charge is 0.232 e. The molecule has 0 saturated carbocycles. The highest BCUT2D eigenvalue weighted by Crippen LogP contribution is 2.33. The lowest BCUT2D eigenvalue weighted by Gasteiger charge is -2.32. The summed E-state index contributed by atoms with van der Waals surface area (Å²) in [6.45, 7) is 7.41. The fraction of sp³-hybridized carbons (Fsp3) is 0.562. The molecule has 0 bridgehead atoms. The summed E-state index contributed by atoms with van der Waals surface area (Å²) in [4.78, 5) is 14.8. The fourth-order valence-corrected chi connectivity index (χ4v) is 2.72. The van der Waals surface area contributed by atoms with E-state index in [1.54, 1.807) is 7.11 Å².